The molecule has 1 aromatic carbocycles. The van der Waals surface area contributed by atoms with Crippen LogP contribution in [-0.2, 0) is 13.1 Å². The smallest absolute Gasteiger partial charge is 0.0897 e. The molecule has 0 aliphatic carbocycles. The highest BCUT2D eigenvalue weighted by atomic mass is 32.1. The maximum Gasteiger partial charge on any atom is 0.0897 e. The van der Waals surface area contributed by atoms with E-state index < -0.39 is 0 Å². The number of nitrogens with zero attached hydrogens (tertiary/aromatic N) is 2. The number of hydrogen-bond donors (Lipinski definition) is 2. The third kappa shape index (κ3) is 3.12. The molecule has 0 fully saturated rings. The topological polar surface area (TPSA) is 53.6 Å². The van der Waals surface area contributed by atoms with Crippen LogP contribution in [0.15, 0.2) is 42.7 Å². The minimum Gasteiger partial charge on any atom is -0.308 e. The molecule has 0 spiro atoms. The summed E-state index contributed by atoms with van der Waals surface area (Å²) < 4.78 is 0. The van der Waals surface area contributed by atoms with Crippen molar-refractivity contribution in [1.82, 2.24) is 20.5 Å². The molecular formula is C15H16N4S. The van der Waals surface area contributed by atoms with Crippen molar-refractivity contribution in [2.45, 2.75) is 20.0 Å². The highest BCUT2D eigenvalue weighted by Gasteiger charge is 2.00. The van der Waals surface area contributed by atoms with Crippen LogP contribution in [0.5, 0.6) is 0 Å². The van der Waals surface area contributed by atoms with Gasteiger partial charge in [-0.05, 0) is 24.1 Å². The van der Waals surface area contributed by atoms with Gasteiger partial charge in [-0.25, -0.2) is 4.98 Å². The van der Waals surface area contributed by atoms with E-state index in [9.17, 15) is 0 Å². The van der Waals surface area contributed by atoms with Crippen LogP contribution >= 0.6 is 11.3 Å². The van der Waals surface area contributed by atoms with Gasteiger partial charge in [0.1, 0.15) is 0 Å². The molecule has 0 bridgehead atoms. The summed E-state index contributed by atoms with van der Waals surface area (Å²) in [7, 11) is 0. The van der Waals surface area contributed by atoms with E-state index in [0.717, 1.165) is 29.4 Å². The van der Waals surface area contributed by atoms with Gasteiger partial charge in [0.25, 0.3) is 0 Å². The monoisotopic (exact) mass is 284 g/mol. The number of hydrogen-bond acceptors (Lipinski definition) is 4. The van der Waals surface area contributed by atoms with Gasteiger partial charge in [-0.15, -0.1) is 11.3 Å². The summed E-state index contributed by atoms with van der Waals surface area (Å²) in [4.78, 5) is 5.53. The summed E-state index contributed by atoms with van der Waals surface area (Å²) in [5, 5.41) is 11.5. The molecule has 0 aliphatic heterocycles. The first-order chi connectivity index (χ1) is 9.81. The number of rotatable bonds is 5. The van der Waals surface area contributed by atoms with Crippen molar-refractivity contribution in [2.75, 3.05) is 0 Å². The van der Waals surface area contributed by atoms with Crippen LogP contribution in [0.2, 0.25) is 0 Å². The number of nitrogens with one attached hydrogen (secondary N) is 2. The summed E-state index contributed by atoms with van der Waals surface area (Å²) in [6, 6.07) is 10.5. The number of H-pyrrole nitrogens is 1. The van der Waals surface area contributed by atoms with E-state index in [4.69, 9.17) is 0 Å². The molecule has 3 aromatic rings. The SMILES string of the molecule is Cc1ncc(CNCc2ccc(-c3ccn[nH]3)cc2)s1. The second kappa shape index (κ2) is 5.98. The summed E-state index contributed by atoms with van der Waals surface area (Å²) in [6.45, 7) is 3.76. The molecule has 3 rings (SSSR count). The normalized spacial score (nSPS) is 10.8. The average molecular weight is 284 g/mol. The zero-order valence-electron chi connectivity index (χ0n) is 11.3. The Labute approximate surface area is 121 Å². The van der Waals surface area contributed by atoms with Gasteiger partial charge in [0, 0.05) is 30.4 Å². The van der Waals surface area contributed by atoms with Gasteiger partial charge < -0.3 is 5.32 Å². The lowest BCUT2D eigenvalue weighted by Crippen LogP contribution is -2.11. The van der Waals surface area contributed by atoms with Crippen molar-refractivity contribution >= 4 is 11.3 Å². The van der Waals surface area contributed by atoms with E-state index in [1.165, 1.54) is 10.4 Å². The number of thiazole rings is 1. The van der Waals surface area contributed by atoms with Gasteiger partial charge in [-0.1, -0.05) is 24.3 Å². The molecule has 20 heavy (non-hydrogen) atoms. The molecule has 0 aliphatic rings. The molecule has 0 amide bonds. The van der Waals surface area contributed by atoms with Crippen LogP contribution in [0.25, 0.3) is 11.3 Å². The van der Waals surface area contributed by atoms with Crippen LogP contribution in [-0.4, -0.2) is 15.2 Å². The zero-order chi connectivity index (χ0) is 13.8. The fourth-order valence-corrected chi connectivity index (χ4v) is 2.80. The Kier molecular flexibility index (Phi) is 3.90. The van der Waals surface area contributed by atoms with E-state index in [1.807, 2.05) is 19.2 Å². The molecule has 0 atom stereocenters. The molecular weight excluding hydrogens is 268 g/mol. The summed E-state index contributed by atoms with van der Waals surface area (Å²) in [5.74, 6) is 0. The molecule has 0 unspecified atom stereocenters. The highest BCUT2D eigenvalue weighted by Crippen LogP contribution is 2.16. The summed E-state index contributed by atoms with van der Waals surface area (Å²) in [5.41, 5.74) is 3.48. The van der Waals surface area contributed by atoms with Gasteiger partial charge in [0.05, 0.1) is 10.7 Å². The molecule has 102 valence electrons. The molecule has 2 N–H and O–H groups in total. The van der Waals surface area contributed by atoms with E-state index in [0.29, 0.717) is 0 Å². The maximum atomic E-state index is 4.25. The number of aryl methyl sites for hydroxylation is 1. The van der Waals surface area contributed by atoms with E-state index >= 15 is 0 Å². The third-order valence-electron chi connectivity index (χ3n) is 3.06. The predicted octanol–water partition coefficient (Wildman–Crippen LogP) is 3.13. The highest BCUT2D eigenvalue weighted by molar-refractivity contribution is 7.11. The molecule has 0 radical (unpaired) electrons. The van der Waals surface area contributed by atoms with E-state index in [-0.39, 0.29) is 0 Å². The van der Waals surface area contributed by atoms with Crippen molar-refractivity contribution in [1.29, 1.82) is 0 Å². The number of aromatic amines is 1. The second-order valence-corrected chi connectivity index (χ2v) is 5.94. The largest absolute Gasteiger partial charge is 0.308 e. The molecule has 0 saturated carbocycles. The molecule has 4 nitrogen and oxygen atoms in total. The number of aromatic nitrogens is 3. The van der Waals surface area contributed by atoms with Crippen molar-refractivity contribution in [3.8, 4) is 11.3 Å². The third-order valence-corrected chi connectivity index (χ3v) is 3.98. The van der Waals surface area contributed by atoms with E-state index in [1.54, 1.807) is 17.5 Å². The lowest BCUT2D eigenvalue weighted by Gasteiger charge is -2.04. The lowest BCUT2D eigenvalue weighted by atomic mass is 10.1. The first-order valence-electron chi connectivity index (χ1n) is 6.52. The summed E-state index contributed by atoms with van der Waals surface area (Å²) in [6.07, 6.45) is 3.70. The quantitative estimate of drug-likeness (QED) is 0.757. The Morgan fingerprint density at radius 2 is 2.00 bits per heavy atom. The van der Waals surface area contributed by atoms with Gasteiger partial charge >= 0.3 is 0 Å². The van der Waals surface area contributed by atoms with Crippen molar-refractivity contribution in [2.24, 2.45) is 0 Å². The minimum atomic E-state index is 0.861. The first kappa shape index (κ1) is 13.0. The van der Waals surface area contributed by atoms with Crippen molar-refractivity contribution in [3.05, 3.63) is 58.2 Å². The first-order valence-corrected chi connectivity index (χ1v) is 7.33. The zero-order valence-corrected chi connectivity index (χ0v) is 12.1. The lowest BCUT2D eigenvalue weighted by molar-refractivity contribution is 0.700. The van der Waals surface area contributed by atoms with E-state index in [2.05, 4.69) is 44.8 Å². The predicted molar refractivity (Wildman–Crippen MR) is 81.4 cm³/mol. The van der Waals surface area contributed by atoms with Gasteiger partial charge in [0.2, 0.25) is 0 Å². The van der Waals surface area contributed by atoms with Gasteiger partial charge in [0.15, 0.2) is 0 Å². The Balaban J connectivity index is 1.56. The standard InChI is InChI=1S/C15H16N4S/c1-11-17-10-14(20-11)9-16-8-12-2-4-13(5-3-12)15-6-7-18-19-15/h2-7,10,16H,8-9H2,1H3,(H,18,19). The van der Waals surface area contributed by atoms with Crippen molar-refractivity contribution in [3.63, 3.8) is 0 Å². The van der Waals surface area contributed by atoms with Gasteiger partial charge in [-0.2, -0.15) is 5.10 Å². The Morgan fingerprint density at radius 1 is 1.15 bits per heavy atom. The van der Waals surface area contributed by atoms with Crippen LogP contribution in [0, 0.1) is 6.92 Å². The Hall–Kier alpha value is -1.98. The number of benzene rings is 1. The average Bonchev–Trinajstić information content (AvgIpc) is 3.11. The second-order valence-electron chi connectivity index (χ2n) is 4.62. The maximum absolute atomic E-state index is 4.25. The van der Waals surface area contributed by atoms with Crippen molar-refractivity contribution < 1.29 is 0 Å². The van der Waals surface area contributed by atoms with Crippen LogP contribution < -0.4 is 5.32 Å². The Bertz CT molecular complexity index is 656. The van der Waals surface area contributed by atoms with Crippen LogP contribution in [0.3, 0.4) is 0 Å². The fraction of sp³-hybridized carbons (Fsp3) is 0.200. The van der Waals surface area contributed by atoms with Gasteiger partial charge in [-0.3, -0.25) is 5.10 Å². The molecule has 2 heterocycles. The fourth-order valence-electron chi connectivity index (χ4n) is 2.04. The molecule has 0 saturated heterocycles. The summed E-state index contributed by atoms with van der Waals surface area (Å²) >= 11 is 1.74. The van der Waals surface area contributed by atoms with Crippen LogP contribution in [0.1, 0.15) is 15.4 Å². The Morgan fingerprint density at radius 3 is 2.65 bits per heavy atom. The van der Waals surface area contributed by atoms with Crippen LogP contribution in [0.4, 0.5) is 0 Å². The minimum absolute atomic E-state index is 0.861. The molecule has 5 heteroatoms. The molecule has 2 aromatic heterocycles.